The highest BCUT2D eigenvalue weighted by Gasteiger charge is 2.32. The fraction of sp³-hybridized carbons (Fsp3) is 1.00. The average Bonchev–Trinajstić information content (AvgIpc) is 2.74. The van der Waals surface area contributed by atoms with Crippen molar-refractivity contribution in [2.24, 2.45) is 0 Å². The van der Waals surface area contributed by atoms with Crippen LogP contribution in [0.15, 0.2) is 0 Å². The molecular formula is C13H26N2O. The van der Waals surface area contributed by atoms with E-state index in [1.807, 2.05) is 0 Å². The summed E-state index contributed by atoms with van der Waals surface area (Å²) < 4.78 is 5.65. The van der Waals surface area contributed by atoms with Crippen LogP contribution in [0.4, 0.5) is 0 Å². The normalized spacial score (nSPS) is 33.4. The van der Waals surface area contributed by atoms with E-state index < -0.39 is 0 Å². The lowest BCUT2D eigenvalue weighted by molar-refractivity contribution is 0.0608. The lowest BCUT2D eigenvalue weighted by Crippen LogP contribution is -2.48. The smallest absolute Gasteiger partial charge is 0.0703 e. The molecule has 2 saturated heterocycles. The van der Waals surface area contributed by atoms with Gasteiger partial charge in [0.15, 0.2) is 0 Å². The van der Waals surface area contributed by atoms with Crippen molar-refractivity contribution in [3.63, 3.8) is 0 Å². The predicted octanol–water partition coefficient (Wildman–Crippen LogP) is 1.63. The van der Waals surface area contributed by atoms with Crippen molar-refractivity contribution in [2.75, 3.05) is 26.2 Å². The molecule has 0 aromatic rings. The quantitative estimate of drug-likeness (QED) is 0.788. The zero-order valence-electron chi connectivity index (χ0n) is 10.7. The number of piperidine rings is 1. The van der Waals surface area contributed by atoms with E-state index in [-0.39, 0.29) is 0 Å². The van der Waals surface area contributed by atoms with E-state index in [2.05, 4.69) is 24.1 Å². The highest BCUT2D eigenvalue weighted by atomic mass is 16.5. The molecule has 0 spiro atoms. The molecule has 0 aromatic carbocycles. The van der Waals surface area contributed by atoms with Crippen molar-refractivity contribution in [3.8, 4) is 0 Å². The highest BCUT2D eigenvalue weighted by Crippen LogP contribution is 2.23. The molecule has 1 N–H and O–H groups in total. The Morgan fingerprint density at radius 3 is 2.56 bits per heavy atom. The molecule has 2 fully saturated rings. The van der Waals surface area contributed by atoms with E-state index in [4.69, 9.17) is 4.74 Å². The molecule has 0 aromatic heterocycles. The van der Waals surface area contributed by atoms with Gasteiger partial charge in [-0.2, -0.15) is 0 Å². The zero-order chi connectivity index (χ0) is 11.4. The third-order valence-corrected chi connectivity index (χ3v) is 4.02. The molecule has 0 saturated carbocycles. The lowest BCUT2D eigenvalue weighted by atomic mass is 10.0. The van der Waals surface area contributed by atoms with Gasteiger partial charge in [-0.1, -0.05) is 6.92 Å². The zero-order valence-corrected chi connectivity index (χ0v) is 10.7. The summed E-state index contributed by atoms with van der Waals surface area (Å²) in [6.45, 7) is 9.09. The van der Waals surface area contributed by atoms with E-state index in [9.17, 15) is 0 Å². The van der Waals surface area contributed by atoms with Crippen LogP contribution in [0.2, 0.25) is 0 Å². The molecule has 2 aliphatic heterocycles. The Morgan fingerprint density at radius 1 is 1.25 bits per heavy atom. The van der Waals surface area contributed by atoms with Crippen LogP contribution >= 0.6 is 0 Å². The first-order valence-corrected chi connectivity index (χ1v) is 6.90. The molecule has 2 unspecified atom stereocenters. The summed E-state index contributed by atoms with van der Waals surface area (Å²) in [5.74, 6) is 0. The second-order valence-corrected chi connectivity index (χ2v) is 5.20. The number of likely N-dealkylation sites (tertiary alicyclic amines) is 1. The third kappa shape index (κ3) is 2.96. The molecule has 94 valence electrons. The van der Waals surface area contributed by atoms with Gasteiger partial charge in [0.2, 0.25) is 0 Å². The molecule has 2 heterocycles. The molecule has 16 heavy (non-hydrogen) atoms. The minimum atomic E-state index is 0.445. The van der Waals surface area contributed by atoms with Gasteiger partial charge in [-0.25, -0.2) is 0 Å². The van der Waals surface area contributed by atoms with Crippen molar-refractivity contribution in [3.05, 3.63) is 0 Å². The average molecular weight is 226 g/mol. The van der Waals surface area contributed by atoms with E-state index in [1.165, 1.54) is 45.3 Å². The molecule has 0 bridgehead atoms. The summed E-state index contributed by atoms with van der Waals surface area (Å²) >= 11 is 0. The van der Waals surface area contributed by atoms with Crippen molar-refractivity contribution in [1.29, 1.82) is 0 Å². The molecule has 0 aliphatic carbocycles. The van der Waals surface area contributed by atoms with Crippen LogP contribution in [0, 0.1) is 0 Å². The van der Waals surface area contributed by atoms with Crippen LogP contribution in [0.3, 0.4) is 0 Å². The van der Waals surface area contributed by atoms with Crippen LogP contribution < -0.4 is 5.32 Å². The van der Waals surface area contributed by atoms with E-state index in [1.54, 1.807) is 0 Å². The first kappa shape index (κ1) is 12.3. The number of hydrogen-bond donors (Lipinski definition) is 1. The van der Waals surface area contributed by atoms with Crippen LogP contribution in [-0.2, 0) is 4.74 Å². The summed E-state index contributed by atoms with van der Waals surface area (Å²) in [5.41, 5.74) is 0. The Labute approximate surface area is 99.5 Å². The summed E-state index contributed by atoms with van der Waals surface area (Å²) in [4.78, 5) is 2.64. The monoisotopic (exact) mass is 226 g/mol. The summed E-state index contributed by atoms with van der Waals surface area (Å²) in [6, 6.07) is 1.45. The molecule has 3 heteroatoms. The van der Waals surface area contributed by atoms with Gasteiger partial charge in [0.05, 0.1) is 6.10 Å². The maximum atomic E-state index is 5.65. The topological polar surface area (TPSA) is 24.5 Å². The molecule has 2 aliphatic rings. The van der Waals surface area contributed by atoms with Gasteiger partial charge in [-0.15, -0.1) is 0 Å². The van der Waals surface area contributed by atoms with Gasteiger partial charge >= 0.3 is 0 Å². The molecule has 0 radical (unpaired) electrons. The largest absolute Gasteiger partial charge is 0.377 e. The Balaban J connectivity index is 1.72. The highest BCUT2D eigenvalue weighted by molar-refractivity contribution is 4.86. The predicted molar refractivity (Wildman–Crippen MR) is 66.7 cm³/mol. The van der Waals surface area contributed by atoms with E-state index >= 15 is 0 Å². The standard InChI is InChI=1S/C13H26N2O/c1-3-7-14-12-4-8-15(9-5-12)13-6-10-16-11(13)2/h11-14H,3-10H2,1-2H3. The van der Waals surface area contributed by atoms with Crippen molar-refractivity contribution < 1.29 is 4.74 Å². The Bertz CT molecular complexity index is 202. The summed E-state index contributed by atoms with van der Waals surface area (Å²) in [5, 5.41) is 3.64. The van der Waals surface area contributed by atoms with Gasteiger partial charge in [0.1, 0.15) is 0 Å². The Kier molecular flexibility index (Phi) is 4.62. The van der Waals surface area contributed by atoms with Gasteiger partial charge in [-0.3, -0.25) is 4.90 Å². The Morgan fingerprint density at radius 2 is 2.00 bits per heavy atom. The first-order valence-electron chi connectivity index (χ1n) is 6.90. The van der Waals surface area contributed by atoms with Crippen LogP contribution in [0.25, 0.3) is 0 Å². The number of hydrogen-bond acceptors (Lipinski definition) is 3. The van der Waals surface area contributed by atoms with E-state index in [0.717, 1.165) is 12.6 Å². The maximum absolute atomic E-state index is 5.65. The van der Waals surface area contributed by atoms with Crippen molar-refractivity contribution >= 4 is 0 Å². The van der Waals surface area contributed by atoms with Crippen molar-refractivity contribution in [2.45, 2.75) is 57.7 Å². The number of nitrogens with one attached hydrogen (secondary N) is 1. The molecule has 0 amide bonds. The van der Waals surface area contributed by atoms with E-state index in [0.29, 0.717) is 12.1 Å². The first-order chi connectivity index (χ1) is 7.81. The maximum Gasteiger partial charge on any atom is 0.0703 e. The second kappa shape index (κ2) is 5.99. The number of rotatable bonds is 4. The minimum absolute atomic E-state index is 0.445. The van der Waals surface area contributed by atoms with Crippen LogP contribution in [0.1, 0.15) is 39.5 Å². The van der Waals surface area contributed by atoms with Gasteiger partial charge in [-0.05, 0) is 39.2 Å². The molecule has 2 rings (SSSR count). The molecule has 3 nitrogen and oxygen atoms in total. The van der Waals surface area contributed by atoms with Gasteiger partial charge in [0.25, 0.3) is 0 Å². The van der Waals surface area contributed by atoms with Gasteiger partial charge in [0, 0.05) is 31.8 Å². The van der Waals surface area contributed by atoms with Gasteiger partial charge < -0.3 is 10.1 Å². The third-order valence-electron chi connectivity index (χ3n) is 4.02. The van der Waals surface area contributed by atoms with Crippen LogP contribution in [0.5, 0.6) is 0 Å². The molecule has 2 atom stereocenters. The summed E-state index contributed by atoms with van der Waals surface area (Å²) in [7, 11) is 0. The fourth-order valence-corrected chi connectivity index (χ4v) is 2.98. The van der Waals surface area contributed by atoms with Crippen LogP contribution in [-0.4, -0.2) is 49.3 Å². The van der Waals surface area contributed by atoms with Crippen molar-refractivity contribution in [1.82, 2.24) is 10.2 Å². The fourth-order valence-electron chi connectivity index (χ4n) is 2.98. The SMILES string of the molecule is CCCNC1CCN(C2CCOC2C)CC1. The lowest BCUT2D eigenvalue weighted by Gasteiger charge is -2.37. The number of ether oxygens (including phenoxy) is 1. The minimum Gasteiger partial charge on any atom is -0.377 e. The summed E-state index contributed by atoms with van der Waals surface area (Å²) in [6.07, 6.45) is 5.54. The Hall–Kier alpha value is -0.120. The number of nitrogens with zero attached hydrogens (tertiary/aromatic N) is 1. The molecular weight excluding hydrogens is 200 g/mol. The second-order valence-electron chi connectivity index (χ2n) is 5.20.